The summed E-state index contributed by atoms with van der Waals surface area (Å²) in [6, 6.07) is 13.4. The minimum absolute atomic E-state index is 0.288. The number of hydrogen-bond acceptors (Lipinski definition) is 3. The van der Waals surface area contributed by atoms with Crippen molar-refractivity contribution < 1.29 is 13.6 Å². The molecule has 0 aliphatic carbocycles. The highest BCUT2D eigenvalue weighted by Crippen LogP contribution is 2.21. The maximum Gasteiger partial charge on any atom is 0.274 e. The van der Waals surface area contributed by atoms with Crippen molar-refractivity contribution in [1.82, 2.24) is 5.01 Å². The fraction of sp³-hybridized carbons (Fsp3) is 0.111. The number of fused-ring (bicyclic) bond motifs is 1. The van der Waals surface area contributed by atoms with E-state index in [1.165, 1.54) is 23.2 Å². The number of carbonyl (C=O) groups is 1. The van der Waals surface area contributed by atoms with E-state index >= 15 is 0 Å². The summed E-state index contributed by atoms with van der Waals surface area (Å²) in [4.78, 5) is 12.4. The Labute approximate surface area is 131 Å². The molecule has 0 bridgehead atoms. The van der Waals surface area contributed by atoms with E-state index in [0.717, 1.165) is 22.2 Å². The van der Waals surface area contributed by atoms with Crippen molar-refractivity contribution in [1.29, 1.82) is 0 Å². The lowest BCUT2D eigenvalue weighted by atomic mass is 10.1. The van der Waals surface area contributed by atoms with Crippen LogP contribution >= 0.6 is 0 Å². The van der Waals surface area contributed by atoms with Crippen LogP contribution in [-0.4, -0.2) is 23.2 Å². The summed E-state index contributed by atoms with van der Waals surface area (Å²) in [6.07, 6.45) is 2.31. The van der Waals surface area contributed by atoms with Crippen LogP contribution in [0.2, 0.25) is 0 Å². The molecule has 0 saturated carbocycles. The number of nitrogens with zero attached hydrogens (tertiary/aromatic N) is 2. The maximum atomic E-state index is 13.3. The van der Waals surface area contributed by atoms with E-state index in [0.29, 0.717) is 18.5 Å². The third-order valence-electron chi connectivity index (χ3n) is 3.89. The standard InChI is InChI=1S/C18H13FN2O2/c19-15-3-1-2-14(11-15)18(22)21-8-6-16(20-21)12-4-5-17-13(10-12)7-9-23-17/h1-5,7,9-11H,6,8H2. The van der Waals surface area contributed by atoms with Gasteiger partial charge in [-0.25, -0.2) is 9.40 Å². The van der Waals surface area contributed by atoms with Gasteiger partial charge in [0.2, 0.25) is 0 Å². The van der Waals surface area contributed by atoms with Gasteiger partial charge in [-0.3, -0.25) is 4.79 Å². The van der Waals surface area contributed by atoms with Gasteiger partial charge in [0.15, 0.2) is 0 Å². The first-order valence-electron chi connectivity index (χ1n) is 7.33. The largest absolute Gasteiger partial charge is 0.464 e. The molecule has 5 heteroatoms. The van der Waals surface area contributed by atoms with Crippen molar-refractivity contribution in [3.05, 3.63) is 71.7 Å². The Kier molecular flexibility index (Phi) is 3.19. The molecule has 2 aromatic carbocycles. The smallest absolute Gasteiger partial charge is 0.274 e. The zero-order valence-electron chi connectivity index (χ0n) is 12.2. The molecule has 3 aromatic rings. The van der Waals surface area contributed by atoms with Gasteiger partial charge in [-0.2, -0.15) is 5.10 Å². The molecule has 1 aliphatic rings. The Bertz CT molecular complexity index is 929. The highest BCUT2D eigenvalue weighted by atomic mass is 19.1. The molecule has 1 amide bonds. The van der Waals surface area contributed by atoms with Gasteiger partial charge >= 0.3 is 0 Å². The van der Waals surface area contributed by atoms with Crippen molar-refractivity contribution in [2.45, 2.75) is 6.42 Å². The van der Waals surface area contributed by atoms with Crippen LogP contribution in [0.4, 0.5) is 4.39 Å². The second-order valence-electron chi connectivity index (χ2n) is 5.41. The molecule has 0 N–H and O–H groups in total. The average molecular weight is 308 g/mol. The lowest BCUT2D eigenvalue weighted by molar-refractivity contribution is 0.0778. The molecular weight excluding hydrogens is 295 g/mol. The predicted molar refractivity (Wildman–Crippen MR) is 84.8 cm³/mol. The fourth-order valence-electron chi connectivity index (χ4n) is 2.72. The summed E-state index contributed by atoms with van der Waals surface area (Å²) in [5, 5.41) is 6.80. The van der Waals surface area contributed by atoms with Crippen molar-refractivity contribution >= 4 is 22.6 Å². The van der Waals surface area contributed by atoms with E-state index in [2.05, 4.69) is 5.10 Å². The third kappa shape index (κ3) is 2.50. The third-order valence-corrected chi connectivity index (χ3v) is 3.89. The summed E-state index contributed by atoms with van der Waals surface area (Å²) >= 11 is 0. The van der Waals surface area contributed by atoms with Crippen LogP contribution in [0.3, 0.4) is 0 Å². The summed E-state index contributed by atoms with van der Waals surface area (Å²) in [5.41, 5.74) is 2.94. The number of furan rings is 1. The van der Waals surface area contributed by atoms with Crippen LogP contribution in [-0.2, 0) is 0 Å². The van der Waals surface area contributed by atoms with Crippen molar-refractivity contribution in [3.63, 3.8) is 0 Å². The quantitative estimate of drug-likeness (QED) is 0.722. The highest BCUT2D eigenvalue weighted by Gasteiger charge is 2.23. The number of carbonyl (C=O) groups excluding carboxylic acids is 1. The minimum Gasteiger partial charge on any atom is -0.464 e. The first-order valence-corrected chi connectivity index (χ1v) is 7.33. The molecule has 4 nitrogen and oxygen atoms in total. The van der Waals surface area contributed by atoms with E-state index in [9.17, 15) is 9.18 Å². The van der Waals surface area contributed by atoms with Crippen LogP contribution in [0, 0.1) is 5.82 Å². The molecule has 0 radical (unpaired) electrons. The van der Waals surface area contributed by atoms with Crippen molar-refractivity contribution in [3.8, 4) is 0 Å². The number of hydrazone groups is 1. The predicted octanol–water partition coefficient (Wildman–Crippen LogP) is 3.82. The highest BCUT2D eigenvalue weighted by molar-refractivity contribution is 6.06. The summed E-state index contributed by atoms with van der Waals surface area (Å²) < 4.78 is 18.6. The summed E-state index contributed by atoms with van der Waals surface area (Å²) in [5.74, 6) is -0.714. The molecule has 2 heterocycles. The normalized spacial score (nSPS) is 14.3. The Morgan fingerprint density at radius 3 is 2.96 bits per heavy atom. The van der Waals surface area contributed by atoms with Crippen molar-refractivity contribution in [2.24, 2.45) is 5.10 Å². The molecule has 0 spiro atoms. The average Bonchev–Trinajstić information content (AvgIpc) is 3.22. The molecule has 0 fully saturated rings. The van der Waals surface area contributed by atoms with Crippen molar-refractivity contribution in [2.75, 3.05) is 6.54 Å². The first-order chi connectivity index (χ1) is 11.2. The second-order valence-corrected chi connectivity index (χ2v) is 5.41. The monoisotopic (exact) mass is 308 g/mol. The van der Waals surface area contributed by atoms with Crippen LogP contribution in [0.5, 0.6) is 0 Å². The molecule has 23 heavy (non-hydrogen) atoms. The molecular formula is C18H13FN2O2. The van der Waals surface area contributed by atoms with Crippen LogP contribution in [0.15, 0.2) is 64.3 Å². The van der Waals surface area contributed by atoms with E-state index in [-0.39, 0.29) is 5.91 Å². The number of rotatable bonds is 2. The van der Waals surface area contributed by atoms with Crippen LogP contribution in [0.25, 0.3) is 11.0 Å². The lowest BCUT2D eigenvalue weighted by Crippen LogP contribution is -2.23. The SMILES string of the molecule is O=C(c1cccc(F)c1)N1CCC(c2ccc3occc3c2)=N1. The Hall–Kier alpha value is -2.95. The number of benzene rings is 2. The van der Waals surface area contributed by atoms with Gasteiger partial charge in [0.25, 0.3) is 5.91 Å². The molecule has 4 rings (SSSR count). The number of hydrogen-bond donors (Lipinski definition) is 0. The molecule has 0 unspecified atom stereocenters. The Morgan fingerprint density at radius 1 is 1.17 bits per heavy atom. The van der Waals surface area contributed by atoms with Crippen LogP contribution < -0.4 is 0 Å². The molecule has 0 saturated heterocycles. The molecule has 0 atom stereocenters. The van der Waals surface area contributed by atoms with E-state index < -0.39 is 5.82 Å². The Balaban J connectivity index is 1.62. The first kappa shape index (κ1) is 13.7. The summed E-state index contributed by atoms with van der Waals surface area (Å²) in [7, 11) is 0. The van der Waals surface area contributed by atoms with E-state index in [4.69, 9.17) is 4.42 Å². The van der Waals surface area contributed by atoms with Gasteiger partial charge in [-0.15, -0.1) is 0 Å². The molecule has 114 valence electrons. The van der Waals surface area contributed by atoms with Gasteiger partial charge < -0.3 is 4.42 Å². The van der Waals surface area contributed by atoms with Gasteiger partial charge in [-0.05, 0) is 48.0 Å². The lowest BCUT2D eigenvalue weighted by Gasteiger charge is -2.11. The van der Waals surface area contributed by atoms with Gasteiger partial charge in [0.05, 0.1) is 18.5 Å². The number of halogens is 1. The second kappa shape index (κ2) is 5.35. The molecule has 1 aliphatic heterocycles. The summed E-state index contributed by atoms with van der Waals surface area (Å²) in [6.45, 7) is 0.494. The van der Waals surface area contributed by atoms with E-state index in [1.807, 2.05) is 24.3 Å². The zero-order valence-corrected chi connectivity index (χ0v) is 12.2. The van der Waals surface area contributed by atoms with Gasteiger partial charge in [0, 0.05) is 17.4 Å². The molecule has 1 aromatic heterocycles. The van der Waals surface area contributed by atoms with E-state index in [1.54, 1.807) is 12.3 Å². The minimum atomic E-state index is -0.426. The zero-order chi connectivity index (χ0) is 15.8. The maximum absolute atomic E-state index is 13.3. The topological polar surface area (TPSA) is 45.8 Å². The Morgan fingerprint density at radius 2 is 2.09 bits per heavy atom. The number of amides is 1. The fourth-order valence-corrected chi connectivity index (χ4v) is 2.72. The van der Waals surface area contributed by atoms with Crippen LogP contribution in [0.1, 0.15) is 22.3 Å². The van der Waals surface area contributed by atoms with Gasteiger partial charge in [0.1, 0.15) is 11.4 Å². The van der Waals surface area contributed by atoms with Gasteiger partial charge in [-0.1, -0.05) is 6.07 Å².